The highest BCUT2D eigenvalue weighted by molar-refractivity contribution is 7.85. The summed E-state index contributed by atoms with van der Waals surface area (Å²) in [5, 5.41) is 13.7. The average Bonchev–Trinajstić information content (AvgIpc) is 3.17. The molecule has 32 heavy (non-hydrogen) atoms. The van der Waals surface area contributed by atoms with E-state index in [0.717, 1.165) is 24.3 Å². The molecule has 2 aliphatic heterocycles. The molecule has 2 aromatic rings. The predicted molar refractivity (Wildman–Crippen MR) is 118 cm³/mol. The molecular weight excluding hydrogens is 458 g/mol. The molecule has 0 unspecified atom stereocenters. The topological polar surface area (TPSA) is 78.4 Å². The van der Waals surface area contributed by atoms with Gasteiger partial charge in [-0.05, 0) is 55.4 Å². The quantitative estimate of drug-likeness (QED) is 0.699. The Hall–Kier alpha value is -1.84. The highest BCUT2D eigenvalue weighted by atomic mass is 35.5. The standard InChI is InChI=1S/C22H23ClF2N4O2S/c23-15-3-2-13-7-20(8-14(13)6-15)9-29(10-20)19-26-17-16(32(31)12-22(17,24)25)18(27-19)28-21(11-30)4-1-5-21/h2-3,6,30H,1,4-5,7-12H2,(H,26,27,28)/t32-/m1/s1. The summed E-state index contributed by atoms with van der Waals surface area (Å²) in [4.78, 5) is 10.7. The molecule has 10 heteroatoms. The Morgan fingerprint density at radius 1 is 1.19 bits per heavy atom. The van der Waals surface area contributed by atoms with Crippen molar-refractivity contribution in [2.75, 3.05) is 35.7 Å². The van der Waals surface area contributed by atoms with Gasteiger partial charge in [0.25, 0.3) is 0 Å². The Morgan fingerprint density at radius 3 is 2.62 bits per heavy atom. The zero-order valence-electron chi connectivity index (χ0n) is 17.3. The van der Waals surface area contributed by atoms with Gasteiger partial charge in [0.1, 0.15) is 16.4 Å². The van der Waals surface area contributed by atoms with E-state index in [-0.39, 0.29) is 28.7 Å². The number of nitrogens with one attached hydrogen (secondary N) is 1. The molecule has 1 aromatic carbocycles. The Balaban J connectivity index is 1.31. The zero-order valence-corrected chi connectivity index (χ0v) is 18.9. The molecule has 2 aliphatic carbocycles. The number of anilines is 2. The first-order valence-electron chi connectivity index (χ1n) is 10.8. The lowest BCUT2D eigenvalue weighted by molar-refractivity contribution is 0.0190. The third-order valence-electron chi connectivity index (χ3n) is 7.37. The molecule has 1 saturated heterocycles. The molecule has 6 nitrogen and oxygen atoms in total. The van der Waals surface area contributed by atoms with E-state index < -0.39 is 33.7 Å². The number of rotatable bonds is 4. The van der Waals surface area contributed by atoms with E-state index in [9.17, 15) is 18.1 Å². The molecule has 2 N–H and O–H groups in total. The van der Waals surface area contributed by atoms with E-state index in [0.29, 0.717) is 25.9 Å². The molecule has 0 radical (unpaired) electrons. The molecule has 170 valence electrons. The van der Waals surface area contributed by atoms with Crippen molar-refractivity contribution in [1.29, 1.82) is 0 Å². The van der Waals surface area contributed by atoms with Crippen LogP contribution in [-0.4, -0.2) is 50.3 Å². The molecule has 1 aromatic heterocycles. The van der Waals surface area contributed by atoms with Crippen LogP contribution in [0.15, 0.2) is 23.1 Å². The normalized spacial score (nSPS) is 25.8. The van der Waals surface area contributed by atoms with E-state index in [2.05, 4.69) is 21.4 Å². The van der Waals surface area contributed by atoms with E-state index in [1.807, 2.05) is 17.0 Å². The van der Waals surface area contributed by atoms with Gasteiger partial charge >= 0.3 is 5.92 Å². The maximum atomic E-state index is 14.7. The van der Waals surface area contributed by atoms with Gasteiger partial charge in [-0.3, -0.25) is 4.21 Å². The molecule has 6 rings (SSSR count). The fourth-order valence-corrected chi connectivity index (χ4v) is 7.07. The summed E-state index contributed by atoms with van der Waals surface area (Å²) in [5.41, 5.74) is 1.52. The second kappa shape index (κ2) is 6.84. The Bertz CT molecular complexity index is 1150. The van der Waals surface area contributed by atoms with Crippen LogP contribution in [0.25, 0.3) is 0 Å². The van der Waals surface area contributed by atoms with Gasteiger partial charge in [-0.1, -0.05) is 17.7 Å². The van der Waals surface area contributed by atoms with Crippen molar-refractivity contribution >= 4 is 34.2 Å². The van der Waals surface area contributed by atoms with Gasteiger partial charge in [-0.25, -0.2) is 4.98 Å². The van der Waals surface area contributed by atoms with Gasteiger partial charge in [0.05, 0.1) is 28.7 Å². The second-order valence-corrected chi connectivity index (χ2v) is 11.6. The van der Waals surface area contributed by atoms with Crippen molar-refractivity contribution in [3.63, 3.8) is 0 Å². The van der Waals surface area contributed by atoms with Crippen molar-refractivity contribution in [1.82, 2.24) is 9.97 Å². The van der Waals surface area contributed by atoms with E-state index >= 15 is 0 Å². The number of aliphatic hydroxyl groups excluding tert-OH is 1. The van der Waals surface area contributed by atoms with Gasteiger partial charge in [0, 0.05) is 23.5 Å². The Morgan fingerprint density at radius 2 is 1.94 bits per heavy atom. The average molecular weight is 481 g/mol. The minimum absolute atomic E-state index is 0.0170. The number of aliphatic hydroxyl groups is 1. The van der Waals surface area contributed by atoms with Gasteiger partial charge in [-0.2, -0.15) is 13.8 Å². The molecule has 1 spiro atoms. The summed E-state index contributed by atoms with van der Waals surface area (Å²) in [7, 11) is -1.89. The highest BCUT2D eigenvalue weighted by Crippen LogP contribution is 2.48. The number of aromatic nitrogens is 2. The van der Waals surface area contributed by atoms with E-state index in [4.69, 9.17) is 11.6 Å². The van der Waals surface area contributed by atoms with Crippen LogP contribution in [0.2, 0.25) is 5.02 Å². The molecule has 3 heterocycles. The summed E-state index contributed by atoms with van der Waals surface area (Å²) in [5.74, 6) is -3.63. The van der Waals surface area contributed by atoms with Crippen molar-refractivity contribution in [2.24, 2.45) is 5.41 Å². The van der Waals surface area contributed by atoms with Crippen LogP contribution in [0.3, 0.4) is 0 Å². The third-order valence-corrected chi connectivity index (χ3v) is 9.07. The van der Waals surface area contributed by atoms with E-state index in [1.165, 1.54) is 11.1 Å². The highest BCUT2D eigenvalue weighted by Gasteiger charge is 2.52. The first-order valence-corrected chi connectivity index (χ1v) is 12.5. The number of fused-ring (bicyclic) bond motifs is 2. The minimum atomic E-state index is -3.26. The largest absolute Gasteiger partial charge is 0.394 e. The van der Waals surface area contributed by atoms with Crippen LogP contribution in [0.4, 0.5) is 20.5 Å². The van der Waals surface area contributed by atoms with Gasteiger partial charge in [0.2, 0.25) is 5.95 Å². The maximum absolute atomic E-state index is 14.7. The van der Waals surface area contributed by atoms with Crippen molar-refractivity contribution < 1.29 is 18.1 Å². The lowest BCUT2D eigenvalue weighted by atomic mass is 9.77. The minimum Gasteiger partial charge on any atom is -0.394 e. The zero-order chi connectivity index (χ0) is 22.3. The number of nitrogens with zero attached hydrogens (tertiary/aromatic N) is 3. The number of hydrogen-bond donors (Lipinski definition) is 2. The molecule has 1 saturated carbocycles. The van der Waals surface area contributed by atoms with Gasteiger partial charge in [0.15, 0.2) is 0 Å². The molecule has 1 atom stereocenters. The van der Waals surface area contributed by atoms with Crippen molar-refractivity contribution in [3.8, 4) is 0 Å². The van der Waals surface area contributed by atoms with Crippen LogP contribution in [-0.2, 0) is 29.6 Å². The summed E-state index contributed by atoms with van der Waals surface area (Å²) < 4.78 is 41.9. The van der Waals surface area contributed by atoms with Crippen molar-refractivity contribution in [3.05, 3.63) is 40.0 Å². The lowest BCUT2D eigenvalue weighted by Gasteiger charge is -2.48. The second-order valence-electron chi connectivity index (χ2n) is 9.78. The Labute approximate surface area is 191 Å². The number of benzene rings is 1. The van der Waals surface area contributed by atoms with Gasteiger partial charge < -0.3 is 15.3 Å². The molecule has 0 amide bonds. The monoisotopic (exact) mass is 480 g/mol. The van der Waals surface area contributed by atoms with Crippen LogP contribution >= 0.6 is 11.6 Å². The van der Waals surface area contributed by atoms with E-state index in [1.54, 1.807) is 0 Å². The van der Waals surface area contributed by atoms with Crippen LogP contribution in [0.5, 0.6) is 0 Å². The number of hydrogen-bond acceptors (Lipinski definition) is 6. The summed E-state index contributed by atoms with van der Waals surface area (Å²) in [6.45, 7) is 1.20. The van der Waals surface area contributed by atoms with Crippen LogP contribution in [0, 0.1) is 5.41 Å². The summed E-state index contributed by atoms with van der Waals surface area (Å²) >= 11 is 6.14. The first-order chi connectivity index (χ1) is 15.2. The summed E-state index contributed by atoms with van der Waals surface area (Å²) in [6.07, 6.45) is 4.18. The molecular formula is C22H23ClF2N4O2S. The SMILES string of the molecule is O=[S@@]1CC(F)(F)c2nc(N3CC4(Cc5ccc(Cl)cc5C4)C3)nc(NC3(CO)CCC3)c21. The number of halogens is 3. The lowest BCUT2D eigenvalue weighted by Crippen LogP contribution is -2.58. The first kappa shape index (κ1) is 20.7. The third kappa shape index (κ3) is 3.08. The molecule has 4 aliphatic rings. The number of alkyl halides is 2. The summed E-state index contributed by atoms with van der Waals surface area (Å²) in [6, 6.07) is 5.97. The molecule has 2 fully saturated rings. The van der Waals surface area contributed by atoms with Crippen LogP contribution < -0.4 is 10.2 Å². The van der Waals surface area contributed by atoms with Crippen LogP contribution in [0.1, 0.15) is 36.1 Å². The maximum Gasteiger partial charge on any atom is 0.302 e. The fraction of sp³-hybridized carbons (Fsp3) is 0.545. The van der Waals surface area contributed by atoms with Gasteiger partial charge in [-0.15, -0.1) is 0 Å². The smallest absolute Gasteiger partial charge is 0.302 e. The fourth-order valence-electron chi connectivity index (χ4n) is 5.54. The molecule has 0 bridgehead atoms. The van der Waals surface area contributed by atoms with Crippen molar-refractivity contribution in [2.45, 2.75) is 48.5 Å². The predicted octanol–water partition coefficient (Wildman–Crippen LogP) is 3.28. The Kier molecular flexibility index (Phi) is 4.43.